The van der Waals surface area contributed by atoms with E-state index < -0.39 is 24.0 Å². The predicted octanol–water partition coefficient (Wildman–Crippen LogP) is 0.289. The number of hydrogen-bond donors (Lipinski definition) is 5. The average molecular weight is 368 g/mol. The molecular formula is C16H24N4O4S. The molecule has 7 N–H and O–H groups in total. The van der Waals surface area contributed by atoms with Crippen molar-refractivity contribution in [2.45, 2.75) is 31.3 Å². The van der Waals surface area contributed by atoms with Crippen molar-refractivity contribution >= 4 is 28.8 Å². The number of carbonyl (C=O) groups is 2. The molecular weight excluding hydrogens is 344 g/mol. The Morgan fingerprint density at radius 2 is 1.96 bits per heavy atom. The number of aliphatic carboxylic acids is 1. The van der Waals surface area contributed by atoms with Crippen molar-refractivity contribution in [1.82, 2.24) is 5.32 Å². The van der Waals surface area contributed by atoms with Gasteiger partial charge in [-0.25, -0.2) is 4.79 Å². The third-order valence-corrected chi connectivity index (χ3v) is 4.02. The summed E-state index contributed by atoms with van der Waals surface area (Å²) in [4.78, 5) is 27.5. The summed E-state index contributed by atoms with van der Waals surface area (Å²) in [6.07, 6.45) is 2.87. The molecule has 0 fully saturated rings. The highest BCUT2D eigenvalue weighted by Crippen LogP contribution is 2.11. The summed E-state index contributed by atoms with van der Waals surface area (Å²) in [5.41, 5.74) is 12.0. The van der Waals surface area contributed by atoms with Gasteiger partial charge < -0.3 is 27.0 Å². The minimum Gasteiger partial charge on any atom is -0.508 e. The number of carbonyl (C=O) groups excluding carboxylic acids is 1. The first-order chi connectivity index (χ1) is 11.8. The second-order valence-electron chi connectivity index (χ2n) is 5.44. The number of aliphatic imine (C=N–C) groups is 1. The smallest absolute Gasteiger partial charge is 0.326 e. The molecule has 0 aliphatic heterocycles. The van der Waals surface area contributed by atoms with E-state index in [0.29, 0.717) is 30.1 Å². The zero-order valence-corrected chi connectivity index (χ0v) is 14.8. The molecule has 9 heteroatoms. The normalized spacial score (nSPS) is 13.9. The largest absolute Gasteiger partial charge is 0.508 e. The number of benzene rings is 1. The highest BCUT2D eigenvalue weighted by atomic mass is 32.2. The minimum absolute atomic E-state index is 0.0893. The Morgan fingerprint density at radius 3 is 2.52 bits per heavy atom. The predicted molar refractivity (Wildman–Crippen MR) is 98.6 cm³/mol. The SMILES string of the molecule is CSC(N)=NCCC[C@H](N)C(=O)N[C@@H](Cc1ccc(O)cc1)C(=O)O. The van der Waals surface area contributed by atoms with Crippen LogP contribution in [0.25, 0.3) is 0 Å². The lowest BCUT2D eigenvalue weighted by atomic mass is 10.0. The van der Waals surface area contributed by atoms with Crippen LogP contribution in [0.15, 0.2) is 29.3 Å². The molecule has 0 bridgehead atoms. The lowest BCUT2D eigenvalue weighted by Crippen LogP contribution is -2.49. The van der Waals surface area contributed by atoms with E-state index in [1.54, 1.807) is 12.1 Å². The Morgan fingerprint density at radius 1 is 1.32 bits per heavy atom. The third-order valence-electron chi connectivity index (χ3n) is 3.48. The van der Waals surface area contributed by atoms with Gasteiger partial charge in [0.15, 0.2) is 5.17 Å². The number of hydrogen-bond acceptors (Lipinski definition) is 6. The molecule has 0 saturated carbocycles. The molecule has 0 saturated heterocycles. The highest BCUT2D eigenvalue weighted by molar-refractivity contribution is 8.13. The number of nitrogens with zero attached hydrogens (tertiary/aromatic N) is 1. The van der Waals surface area contributed by atoms with Crippen LogP contribution in [0.2, 0.25) is 0 Å². The Labute approximate surface area is 150 Å². The molecule has 138 valence electrons. The fourth-order valence-electron chi connectivity index (χ4n) is 2.04. The van der Waals surface area contributed by atoms with E-state index >= 15 is 0 Å². The zero-order valence-electron chi connectivity index (χ0n) is 14.0. The lowest BCUT2D eigenvalue weighted by Gasteiger charge is -2.18. The fraction of sp³-hybridized carbons (Fsp3) is 0.438. The van der Waals surface area contributed by atoms with Crippen LogP contribution in [0.3, 0.4) is 0 Å². The van der Waals surface area contributed by atoms with E-state index in [0.717, 1.165) is 0 Å². The standard InChI is InChI=1S/C16H24N4O4S/c1-25-16(18)19-8-2-3-12(17)14(22)20-13(15(23)24)9-10-4-6-11(21)7-5-10/h4-7,12-13,21H,2-3,8-9,17H2,1H3,(H2,18,19)(H,20,22)(H,23,24)/t12-,13-/m0/s1. The van der Waals surface area contributed by atoms with Crippen molar-refractivity contribution in [2.75, 3.05) is 12.8 Å². The number of nitrogens with two attached hydrogens (primary N) is 2. The van der Waals surface area contributed by atoms with Gasteiger partial charge in [-0.05, 0) is 36.8 Å². The molecule has 0 radical (unpaired) electrons. The summed E-state index contributed by atoms with van der Waals surface area (Å²) >= 11 is 1.34. The number of amides is 1. The molecule has 25 heavy (non-hydrogen) atoms. The van der Waals surface area contributed by atoms with E-state index in [4.69, 9.17) is 11.5 Å². The summed E-state index contributed by atoms with van der Waals surface area (Å²) < 4.78 is 0. The Bertz CT molecular complexity index is 607. The van der Waals surface area contributed by atoms with Gasteiger partial charge in [-0.2, -0.15) is 0 Å². The quantitative estimate of drug-likeness (QED) is 0.239. The summed E-state index contributed by atoms with van der Waals surface area (Å²) in [5.74, 6) is -1.58. The Hall–Kier alpha value is -2.26. The van der Waals surface area contributed by atoms with Gasteiger partial charge in [-0.1, -0.05) is 23.9 Å². The number of rotatable bonds is 9. The topological polar surface area (TPSA) is 151 Å². The summed E-state index contributed by atoms with van der Waals surface area (Å²) in [6.45, 7) is 0.462. The maximum Gasteiger partial charge on any atom is 0.326 e. The summed E-state index contributed by atoms with van der Waals surface area (Å²) in [7, 11) is 0. The summed E-state index contributed by atoms with van der Waals surface area (Å²) in [5, 5.41) is 21.5. The van der Waals surface area contributed by atoms with Gasteiger partial charge in [-0.3, -0.25) is 9.79 Å². The fourth-order valence-corrected chi connectivity index (χ4v) is 2.26. The van der Waals surface area contributed by atoms with Gasteiger partial charge in [0.1, 0.15) is 11.8 Å². The number of amidine groups is 1. The Kier molecular flexibility index (Phi) is 8.79. The van der Waals surface area contributed by atoms with Crippen molar-refractivity contribution in [3.05, 3.63) is 29.8 Å². The van der Waals surface area contributed by atoms with Crippen molar-refractivity contribution in [2.24, 2.45) is 16.5 Å². The lowest BCUT2D eigenvalue weighted by molar-refractivity contribution is -0.142. The van der Waals surface area contributed by atoms with Gasteiger partial charge in [-0.15, -0.1) is 0 Å². The van der Waals surface area contributed by atoms with Crippen LogP contribution in [-0.4, -0.2) is 52.1 Å². The molecule has 0 heterocycles. The van der Waals surface area contributed by atoms with E-state index in [-0.39, 0.29) is 12.2 Å². The van der Waals surface area contributed by atoms with E-state index in [1.165, 1.54) is 23.9 Å². The number of carboxylic acids is 1. The minimum atomic E-state index is -1.15. The molecule has 0 aliphatic rings. The molecule has 2 atom stereocenters. The number of phenols is 1. The van der Waals surface area contributed by atoms with E-state index in [1.807, 2.05) is 6.26 Å². The van der Waals surface area contributed by atoms with Crippen LogP contribution >= 0.6 is 11.8 Å². The maximum atomic E-state index is 12.1. The van der Waals surface area contributed by atoms with Gasteiger partial charge in [0.05, 0.1) is 6.04 Å². The van der Waals surface area contributed by atoms with Crippen LogP contribution in [0.5, 0.6) is 5.75 Å². The number of aromatic hydroxyl groups is 1. The van der Waals surface area contributed by atoms with Crippen LogP contribution in [0, 0.1) is 0 Å². The van der Waals surface area contributed by atoms with Crippen LogP contribution in [0.1, 0.15) is 18.4 Å². The molecule has 0 spiro atoms. The summed E-state index contributed by atoms with van der Waals surface area (Å²) in [6, 6.07) is 4.23. The van der Waals surface area contributed by atoms with E-state index in [2.05, 4.69) is 10.3 Å². The molecule has 1 aromatic carbocycles. The van der Waals surface area contributed by atoms with Crippen molar-refractivity contribution in [3.63, 3.8) is 0 Å². The molecule has 0 unspecified atom stereocenters. The molecule has 0 aliphatic carbocycles. The first kappa shape index (κ1) is 20.8. The molecule has 1 aromatic rings. The van der Waals surface area contributed by atoms with Crippen LogP contribution in [-0.2, 0) is 16.0 Å². The third kappa shape index (κ3) is 7.90. The number of thioether (sulfide) groups is 1. The molecule has 1 rings (SSSR count). The highest BCUT2D eigenvalue weighted by Gasteiger charge is 2.23. The van der Waals surface area contributed by atoms with E-state index in [9.17, 15) is 19.8 Å². The van der Waals surface area contributed by atoms with Crippen LogP contribution < -0.4 is 16.8 Å². The number of nitrogens with one attached hydrogen (secondary N) is 1. The van der Waals surface area contributed by atoms with Gasteiger partial charge in [0.2, 0.25) is 5.91 Å². The number of carboxylic acid groups (broad SMARTS) is 1. The Balaban J connectivity index is 2.52. The average Bonchev–Trinajstić information content (AvgIpc) is 2.59. The first-order valence-corrected chi connectivity index (χ1v) is 8.96. The van der Waals surface area contributed by atoms with Crippen molar-refractivity contribution < 1.29 is 19.8 Å². The van der Waals surface area contributed by atoms with Crippen LogP contribution in [0.4, 0.5) is 0 Å². The molecule has 8 nitrogen and oxygen atoms in total. The maximum absolute atomic E-state index is 12.1. The van der Waals surface area contributed by atoms with Gasteiger partial charge in [0.25, 0.3) is 0 Å². The first-order valence-electron chi connectivity index (χ1n) is 7.74. The molecule has 0 aromatic heterocycles. The monoisotopic (exact) mass is 368 g/mol. The van der Waals surface area contributed by atoms with Gasteiger partial charge >= 0.3 is 5.97 Å². The zero-order chi connectivity index (χ0) is 18.8. The number of phenolic OH excluding ortho intramolecular Hbond substituents is 1. The van der Waals surface area contributed by atoms with Crippen molar-refractivity contribution in [3.8, 4) is 5.75 Å². The van der Waals surface area contributed by atoms with Gasteiger partial charge in [0, 0.05) is 13.0 Å². The molecule has 1 amide bonds. The van der Waals surface area contributed by atoms with Crippen molar-refractivity contribution in [1.29, 1.82) is 0 Å². The second kappa shape index (κ2) is 10.6. The second-order valence-corrected chi connectivity index (χ2v) is 6.27.